The minimum atomic E-state index is -4.71. The standard InChI is InChI=1S/C10H13O6P/c1-10(2,9(11)12)7-5-3-4-6-8(7)16-17(13,14)15/h3-6H,1-2H3,(H,11,12)(H2,13,14,15). The number of phosphoric acid groups is 1. The Hall–Kier alpha value is -1.36. The number of hydrogen-bond acceptors (Lipinski definition) is 3. The summed E-state index contributed by atoms with van der Waals surface area (Å²) in [6.07, 6.45) is 0. The van der Waals surface area contributed by atoms with E-state index in [0.717, 1.165) is 0 Å². The Morgan fingerprint density at radius 2 is 1.82 bits per heavy atom. The van der Waals surface area contributed by atoms with Crippen molar-refractivity contribution in [1.82, 2.24) is 0 Å². The van der Waals surface area contributed by atoms with E-state index in [-0.39, 0.29) is 11.3 Å². The van der Waals surface area contributed by atoms with Crippen LogP contribution in [-0.2, 0) is 14.8 Å². The third-order valence-electron chi connectivity index (χ3n) is 2.31. The molecule has 1 aromatic carbocycles. The van der Waals surface area contributed by atoms with Gasteiger partial charge in [-0.25, -0.2) is 4.57 Å². The summed E-state index contributed by atoms with van der Waals surface area (Å²) in [6.45, 7) is 2.86. The molecule has 17 heavy (non-hydrogen) atoms. The van der Waals surface area contributed by atoms with Crippen LogP contribution >= 0.6 is 7.82 Å². The highest BCUT2D eigenvalue weighted by atomic mass is 31.2. The Labute approximate surface area is 98.1 Å². The fourth-order valence-electron chi connectivity index (χ4n) is 1.31. The number of benzene rings is 1. The molecule has 6 nitrogen and oxygen atoms in total. The number of carboxylic acids is 1. The molecule has 3 N–H and O–H groups in total. The molecule has 94 valence electrons. The number of rotatable bonds is 4. The van der Waals surface area contributed by atoms with Crippen LogP contribution in [0, 0.1) is 0 Å². The van der Waals surface area contributed by atoms with Gasteiger partial charge in [-0.1, -0.05) is 18.2 Å². The molecule has 1 aromatic rings. The molecule has 1 rings (SSSR count). The zero-order chi connectivity index (χ0) is 13.3. The number of aliphatic carboxylic acids is 1. The summed E-state index contributed by atoms with van der Waals surface area (Å²) in [5, 5.41) is 9.07. The molecule has 0 aliphatic heterocycles. The van der Waals surface area contributed by atoms with Crippen molar-refractivity contribution >= 4 is 13.8 Å². The number of carboxylic acid groups (broad SMARTS) is 1. The third kappa shape index (κ3) is 3.30. The molecule has 0 radical (unpaired) electrons. The van der Waals surface area contributed by atoms with Crippen LogP contribution in [0.1, 0.15) is 19.4 Å². The van der Waals surface area contributed by atoms with E-state index in [1.54, 1.807) is 6.07 Å². The molecule has 0 aliphatic carbocycles. The summed E-state index contributed by atoms with van der Waals surface area (Å²) < 4.78 is 15.2. The van der Waals surface area contributed by atoms with E-state index in [4.69, 9.17) is 14.9 Å². The molecule has 0 bridgehead atoms. The monoisotopic (exact) mass is 260 g/mol. The van der Waals surface area contributed by atoms with E-state index in [0.29, 0.717) is 0 Å². The van der Waals surface area contributed by atoms with Gasteiger partial charge in [0.2, 0.25) is 0 Å². The molecule has 0 saturated carbocycles. The minimum absolute atomic E-state index is 0.131. The van der Waals surface area contributed by atoms with E-state index in [1.807, 2.05) is 0 Å². The Bertz CT molecular complexity index is 475. The summed E-state index contributed by atoms with van der Waals surface area (Å²) in [4.78, 5) is 28.6. The van der Waals surface area contributed by atoms with Crippen molar-refractivity contribution < 1.29 is 28.8 Å². The lowest BCUT2D eigenvalue weighted by molar-refractivity contribution is -0.142. The molecular weight excluding hydrogens is 247 g/mol. The average Bonchev–Trinajstić information content (AvgIpc) is 2.15. The fraction of sp³-hybridized carbons (Fsp3) is 0.300. The maximum atomic E-state index is 11.1. The predicted octanol–water partition coefficient (Wildman–Crippen LogP) is 1.52. The van der Waals surface area contributed by atoms with Gasteiger partial charge in [-0.2, -0.15) is 0 Å². The molecule has 0 aliphatic rings. The van der Waals surface area contributed by atoms with Gasteiger partial charge in [0.1, 0.15) is 5.75 Å². The average molecular weight is 260 g/mol. The van der Waals surface area contributed by atoms with Gasteiger partial charge in [-0.3, -0.25) is 14.6 Å². The maximum absolute atomic E-state index is 11.1. The van der Waals surface area contributed by atoms with Crippen molar-refractivity contribution in [3.63, 3.8) is 0 Å². The largest absolute Gasteiger partial charge is 0.524 e. The SMILES string of the molecule is CC(C)(C(=O)O)c1ccccc1OP(=O)(O)O. The van der Waals surface area contributed by atoms with Gasteiger partial charge >= 0.3 is 13.8 Å². The first kappa shape index (κ1) is 13.7. The first-order valence-electron chi connectivity index (χ1n) is 4.72. The number of phosphoric ester groups is 1. The first-order chi connectivity index (χ1) is 7.64. The van der Waals surface area contributed by atoms with Crippen LogP contribution in [-0.4, -0.2) is 20.9 Å². The highest BCUT2D eigenvalue weighted by molar-refractivity contribution is 7.46. The van der Waals surface area contributed by atoms with Crippen molar-refractivity contribution in [2.75, 3.05) is 0 Å². The lowest BCUT2D eigenvalue weighted by Gasteiger charge is -2.22. The Balaban J connectivity index is 3.26. The van der Waals surface area contributed by atoms with Crippen molar-refractivity contribution in [2.45, 2.75) is 19.3 Å². The summed E-state index contributed by atoms with van der Waals surface area (Å²) in [5.74, 6) is -1.24. The molecule has 0 atom stereocenters. The summed E-state index contributed by atoms with van der Waals surface area (Å²) in [5.41, 5.74) is -1.10. The molecule has 0 heterocycles. The number of carbonyl (C=O) groups is 1. The number of hydrogen-bond donors (Lipinski definition) is 3. The van der Waals surface area contributed by atoms with Gasteiger partial charge in [0.15, 0.2) is 0 Å². The molecule has 0 spiro atoms. The second-order valence-electron chi connectivity index (χ2n) is 4.01. The zero-order valence-corrected chi connectivity index (χ0v) is 10.2. The van der Waals surface area contributed by atoms with E-state index < -0.39 is 19.2 Å². The van der Waals surface area contributed by atoms with Crippen molar-refractivity contribution in [1.29, 1.82) is 0 Å². The summed E-state index contributed by atoms with van der Waals surface area (Å²) in [6, 6.07) is 5.86. The normalized spacial score (nSPS) is 12.2. The first-order valence-corrected chi connectivity index (χ1v) is 6.25. The molecular formula is C10H13O6P. The zero-order valence-electron chi connectivity index (χ0n) is 9.32. The Kier molecular flexibility index (Phi) is 3.62. The molecule has 7 heteroatoms. The van der Waals surface area contributed by atoms with E-state index in [2.05, 4.69) is 4.52 Å². The van der Waals surface area contributed by atoms with Gasteiger partial charge in [0.25, 0.3) is 0 Å². The van der Waals surface area contributed by atoms with Crippen LogP contribution in [0.25, 0.3) is 0 Å². The van der Waals surface area contributed by atoms with Gasteiger partial charge in [0.05, 0.1) is 5.41 Å². The van der Waals surface area contributed by atoms with Crippen molar-refractivity contribution in [3.8, 4) is 5.75 Å². The van der Waals surface area contributed by atoms with Crippen molar-refractivity contribution in [3.05, 3.63) is 29.8 Å². The summed E-state index contributed by atoms with van der Waals surface area (Å²) in [7, 11) is -4.71. The molecule has 0 amide bonds. The van der Waals surface area contributed by atoms with Crippen LogP contribution in [0.15, 0.2) is 24.3 Å². The highest BCUT2D eigenvalue weighted by Crippen LogP contribution is 2.42. The Morgan fingerprint density at radius 3 is 2.29 bits per heavy atom. The van der Waals surface area contributed by atoms with E-state index in [1.165, 1.54) is 32.0 Å². The lowest BCUT2D eigenvalue weighted by Crippen LogP contribution is -2.29. The van der Waals surface area contributed by atoms with E-state index in [9.17, 15) is 9.36 Å². The quantitative estimate of drug-likeness (QED) is 0.709. The molecule has 0 aromatic heterocycles. The summed E-state index contributed by atoms with van der Waals surface area (Å²) >= 11 is 0. The van der Waals surface area contributed by atoms with Crippen LogP contribution in [0.4, 0.5) is 0 Å². The van der Waals surface area contributed by atoms with Crippen LogP contribution in [0.2, 0.25) is 0 Å². The molecule has 0 fully saturated rings. The van der Waals surface area contributed by atoms with Crippen LogP contribution in [0.3, 0.4) is 0 Å². The minimum Gasteiger partial charge on any atom is -0.481 e. The van der Waals surface area contributed by atoms with E-state index >= 15 is 0 Å². The van der Waals surface area contributed by atoms with Gasteiger partial charge in [-0.05, 0) is 19.9 Å². The Morgan fingerprint density at radius 1 is 1.29 bits per heavy atom. The van der Waals surface area contributed by atoms with Crippen molar-refractivity contribution in [2.24, 2.45) is 0 Å². The van der Waals surface area contributed by atoms with Gasteiger partial charge in [-0.15, -0.1) is 0 Å². The fourth-order valence-corrected chi connectivity index (χ4v) is 1.72. The van der Waals surface area contributed by atoms with Gasteiger partial charge < -0.3 is 9.63 Å². The van der Waals surface area contributed by atoms with Gasteiger partial charge in [0, 0.05) is 5.56 Å². The lowest BCUT2D eigenvalue weighted by atomic mass is 9.84. The topological polar surface area (TPSA) is 104 Å². The smallest absolute Gasteiger partial charge is 0.481 e. The highest BCUT2D eigenvalue weighted by Gasteiger charge is 2.33. The van der Waals surface area contributed by atoms with Crippen LogP contribution in [0.5, 0.6) is 5.75 Å². The predicted molar refractivity (Wildman–Crippen MR) is 59.8 cm³/mol. The third-order valence-corrected chi connectivity index (χ3v) is 2.75. The molecule has 0 unspecified atom stereocenters. The second-order valence-corrected chi connectivity index (χ2v) is 5.17. The maximum Gasteiger partial charge on any atom is 0.524 e. The van der Waals surface area contributed by atoms with Crippen LogP contribution < -0.4 is 4.52 Å². The second kappa shape index (κ2) is 4.49. The number of para-hydroxylation sites is 1. The molecule has 0 saturated heterocycles.